The van der Waals surface area contributed by atoms with Crippen molar-refractivity contribution >= 4 is 17.7 Å². The van der Waals surface area contributed by atoms with E-state index in [0.29, 0.717) is 17.0 Å². The van der Waals surface area contributed by atoms with Gasteiger partial charge >= 0.3 is 6.18 Å². The third-order valence-electron chi connectivity index (χ3n) is 3.27. The predicted octanol–water partition coefficient (Wildman–Crippen LogP) is 1.77. The topological polar surface area (TPSA) is 86.3 Å². The van der Waals surface area contributed by atoms with E-state index in [1.807, 2.05) is 18.2 Å². The Bertz CT molecular complexity index is 750. The van der Waals surface area contributed by atoms with Crippen LogP contribution in [0.4, 0.5) is 13.2 Å². The van der Waals surface area contributed by atoms with Crippen molar-refractivity contribution in [2.45, 2.75) is 17.9 Å². The van der Waals surface area contributed by atoms with Crippen LogP contribution in [-0.2, 0) is 17.5 Å². The number of hydrogen-bond acceptors (Lipinski definition) is 6. The van der Waals surface area contributed by atoms with Gasteiger partial charge in [-0.3, -0.25) is 4.79 Å². The van der Waals surface area contributed by atoms with Crippen molar-refractivity contribution in [2.75, 3.05) is 25.8 Å². The molecule has 0 saturated carbocycles. The third kappa shape index (κ3) is 4.56. The van der Waals surface area contributed by atoms with Crippen LogP contribution in [0.15, 0.2) is 29.4 Å². The normalized spacial score (nSPS) is 11.4. The quantitative estimate of drug-likeness (QED) is 0.612. The number of amides is 1. The maximum absolute atomic E-state index is 12.6. The smallest absolute Gasteiger partial charge is 0.453 e. The van der Waals surface area contributed by atoms with Gasteiger partial charge in [0.05, 0.1) is 12.9 Å². The summed E-state index contributed by atoms with van der Waals surface area (Å²) in [7, 11) is 3.12. The SMILES string of the molecule is COc1ccccc1CN(C)C(=O)CSc1nnc(C(F)(F)F)n1N. The second-order valence-corrected chi connectivity index (χ2v) is 5.97. The number of rotatable bonds is 6. The number of benzene rings is 1. The molecular weight excluding hydrogens is 359 g/mol. The largest absolute Gasteiger partial charge is 0.496 e. The van der Waals surface area contributed by atoms with Crippen LogP contribution < -0.4 is 10.6 Å². The molecule has 2 N–H and O–H groups in total. The van der Waals surface area contributed by atoms with Gasteiger partial charge in [-0.2, -0.15) is 13.2 Å². The third-order valence-corrected chi connectivity index (χ3v) is 4.20. The molecule has 11 heteroatoms. The van der Waals surface area contributed by atoms with Gasteiger partial charge in [0.2, 0.25) is 11.1 Å². The Kier molecular flexibility index (Phi) is 5.77. The zero-order valence-electron chi connectivity index (χ0n) is 13.4. The highest BCUT2D eigenvalue weighted by atomic mass is 32.2. The van der Waals surface area contributed by atoms with Gasteiger partial charge in [0, 0.05) is 19.2 Å². The Hall–Kier alpha value is -2.43. The lowest BCUT2D eigenvalue weighted by Gasteiger charge is -2.18. The summed E-state index contributed by atoms with van der Waals surface area (Å²) in [6, 6.07) is 7.23. The number of carbonyl (C=O) groups is 1. The van der Waals surface area contributed by atoms with Crippen molar-refractivity contribution in [3.05, 3.63) is 35.7 Å². The molecule has 0 aliphatic carbocycles. The van der Waals surface area contributed by atoms with Crippen LogP contribution >= 0.6 is 11.8 Å². The second-order valence-electron chi connectivity index (χ2n) is 5.02. The van der Waals surface area contributed by atoms with Crippen molar-refractivity contribution in [2.24, 2.45) is 0 Å². The van der Waals surface area contributed by atoms with Crippen LogP contribution in [0.3, 0.4) is 0 Å². The number of nitrogen functional groups attached to an aromatic ring is 1. The molecule has 1 aromatic heterocycles. The number of aromatic nitrogens is 3. The van der Waals surface area contributed by atoms with Crippen LogP contribution in [0, 0.1) is 0 Å². The second kappa shape index (κ2) is 7.64. The fraction of sp³-hybridized carbons (Fsp3) is 0.357. The summed E-state index contributed by atoms with van der Waals surface area (Å²) in [4.78, 5) is 13.6. The minimum Gasteiger partial charge on any atom is -0.496 e. The molecule has 7 nitrogen and oxygen atoms in total. The molecule has 2 aromatic rings. The number of alkyl halides is 3. The Morgan fingerprint density at radius 2 is 2.04 bits per heavy atom. The number of hydrogen-bond donors (Lipinski definition) is 1. The number of carbonyl (C=O) groups excluding carboxylic acids is 1. The number of methoxy groups -OCH3 is 1. The Morgan fingerprint density at radius 1 is 1.36 bits per heavy atom. The lowest BCUT2D eigenvalue weighted by Crippen LogP contribution is -2.28. The van der Waals surface area contributed by atoms with E-state index in [-0.39, 0.29) is 16.8 Å². The number of nitrogens with two attached hydrogens (primary N) is 1. The molecule has 136 valence electrons. The molecule has 0 aliphatic heterocycles. The summed E-state index contributed by atoms with van der Waals surface area (Å²) in [5.41, 5.74) is 0.812. The molecule has 0 saturated heterocycles. The number of nitrogens with zero attached hydrogens (tertiary/aromatic N) is 4. The highest BCUT2D eigenvalue weighted by molar-refractivity contribution is 7.99. The van der Waals surface area contributed by atoms with E-state index in [4.69, 9.17) is 10.6 Å². The molecule has 0 aliphatic rings. The summed E-state index contributed by atoms with van der Waals surface area (Å²) in [6.07, 6.45) is -4.70. The van der Waals surface area contributed by atoms with Crippen molar-refractivity contribution in [1.29, 1.82) is 0 Å². The standard InChI is InChI=1S/C14H16F3N5O2S/c1-21(7-9-5-3-4-6-10(9)24-2)11(23)8-25-13-20-19-12(22(13)18)14(15,16)17/h3-6H,7-8,18H2,1-2H3. The molecule has 1 aromatic carbocycles. The molecular formula is C14H16F3N5O2S. The summed E-state index contributed by atoms with van der Waals surface area (Å²) in [6.45, 7) is 0.298. The Balaban J connectivity index is 1.97. The van der Waals surface area contributed by atoms with Crippen molar-refractivity contribution in [3.63, 3.8) is 0 Å². The first-order valence-electron chi connectivity index (χ1n) is 7.00. The van der Waals surface area contributed by atoms with Gasteiger partial charge in [0.1, 0.15) is 5.75 Å². The van der Waals surface area contributed by atoms with Crippen LogP contribution in [0.5, 0.6) is 5.75 Å². The number of para-hydroxylation sites is 1. The highest BCUT2D eigenvalue weighted by Gasteiger charge is 2.38. The molecule has 0 radical (unpaired) electrons. The Labute approximate surface area is 145 Å². The minimum absolute atomic E-state index is 0.126. The summed E-state index contributed by atoms with van der Waals surface area (Å²) in [5, 5.41) is 6.18. The van der Waals surface area contributed by atoms with E-state index in [0.717, 1.165) is 17.3 Å². The maximum Gasteiger partial charge on any atom is 0.453 e. The molecule has 1 amide bonds. The number of halogens is 3. The molecule has 1 heterocycles. The van der Waals surface area contributed by atoms with Gasteiger partial charge in [-0.05, 0) is 6.07 Å². The van der Waals surface area contributed by atoms with Gasteiger partial charge < -0.3 is 15.5 Å². The van der Waals surface area contributed by atoms with Gasteiger partial charge in [-0.25, -0.2) is 4.68 Å². The van der Waals surface area contributed by atoms with Gasteiger partial charge in [-0.15, -0.1) is 10.2 Å². The minimum atomic E-state index is -4.70. The van der Waals surface area contributed by atoms with Gasteiger partial charge in [0.15, 0.2) is 0 Å². The fourth-order valence-electron chi connectivity index (χ4n) is 1.98. The van der Waals surface area contributed by atoms with E-state index >= 15 is 0 Å². The van der Waals surface area contributed by atoms with Crippen LogP contribution in [0.2, 0.25) is 0 Å². The molecule has 0 atom stereocenters. The van der Waals surface area contributed by atoms with E-state index < -0.39 is 12.0 Å². The molecule has 0 bridgehead atoms. The zero-order chi connectivity index (χ0) is 18.6. The summed E-state index contributed by atoms with van der Waals surface area (Å²) >= 11 is 0.783. The van der Waals surface area contributed by atoms with Crippen molar-refractivity contribution in [3.8, 4) is 5.75 Å². The van der Waals surface area contributed by atoms with E-state index in [1.165, 1.54) is 12.0 Å². The first-order valence-corrected chi connectivity index (χ1v) is 7.99. The van der Waals surface area contributed by atoms with Crippen molar-refractivity contribution < 1.29 is 22.7 Å². The van der Waals surface area contributed by atoms with E-state index in [2.05, 4.69) is 10.2 Å². The summed E-state index contributed by atoms with van der Waals surface area (Å²) < 4.78 is 43.4. The highest BCUT2D eigenvalue weighted by Crippen LogP contribution is 2.29. The van der Waals surface area contributed by atoms with Gasteiger partial charge in [-0.1, -0.05) is 30.0 Å². The molecule has 0 unspecified atom stereocenters. The fourth-order valence-corrected chi connectivity index (χ4v) is 2.78. The number of ether oxygens (including phenoxy) is 1. The number of thioether (sulfide) groups is 1. The molecule has 25 heavy (non-hydrogen) atoms. The monoisotopic (exact) mass is 375 g/mol. The van der Waals surface area contributed by atoms with E-state index in [1.54, 1.807) is 13.1 Å². The molecule has 0 spiro atoms. The Morgan fingerprint density at radius 3 is 2.64 bits per heavy atom. The predicted molar refractivity (Wildman–Crippen MR) is 85.4 cm³/mol. The van der Waals surface area contributed by atoms with Crippen LogP contribution in [0.1, 0.15) is 11.4 Å². The average molecular weight is 375 g/mol. The first kappa shape index (κ1) is 18.9. The maximum atomic E-state index is 12.6. The van der Waals surface area contributed by atoms with Crippen LogP contribution in [-0.4, -0.2) is 45.6 Å². The first-order chi connectivity index (χ1) is 11.7. The average Bonchev–Trinajstić information content (AvgIpc) is 2.94. The van der Waals surface area contributed by atoms with E-state index in [9.17, 15) is 18.0 Å². The lowest BCUT2D eigenvalue weighted by molar-refractivity contribution is -0.146. The van der Waals surface area contributed by atoms with Crippen molar-refractivity contribution in [1.82, 2.24) is 19.8 Å². The van der Waals surface area contributed by atoms with Gasteiger partial charge in [0.25, 0.3) is 5.82 Å². The molecule has 0 fully saturated rings. The van der Waals surface area contributed by atoms with Crippen LogP contribution in [0.25, 0.3) is 0 Å². The summed E-state index contributed by atoms with van der Waals surface area (Å²) in [5.74, 6) is 4.23. The molecule has 2 rings (SSSR count). The lowest BCUT2D eigenvalue weighted by atomic mass is 10.2. The zero-order valence-corrected chi connectivity index (χ0v) is 14.3.